The van der Waals surface area contributed by atoms with Gasteiger partial charge in [0.1, 0.15) is 5.75 Å². The smallest absolute Gasteiger partial charge is 0.276 e. The van der Waals surface area contributed by atoms with Gasteiger partial charge in [-0.05, 0) is 49.8 Å². The van der Waals surface area contributed by atoms with Crippen LogP contribution in [-0.2, 0) is 0 Å². The zero-order valence-corrected chi connectivity index (χ0v) is 13.2. The maximum absolute atomic E-state index is 12.4. The molecule has 0 aliphatic heterocycles. The Balaban J connectivity index is 2.36. The lowest BCUT2D eigenvalue weighted by Crippen LogP contribution is -2.00. The molecule has 0 saturated heterocycles. The van der Waals surface area contributed by atoms with Crippen LogP contribution in [0.15, 0.2) is 42.5 Å². The van der Waals surface area contributed by atoms with E-state index < -0.39 is 4.92 Å². The number of carbonyl (C=O) groups is 1. The van der Waals surface area contributed by atoms with E-state index in [9.17, 15) is 14.9 Å². The summed E-state index contributed by atoms with van der Waals surface area (Å²) in [6, 6.07) is 10.2. The summed E-state index contributed by atoms with van der Waals surface area (Å²) < 4.78 is 5.19. The Morgan fingerprint density at radius 2 is 1.78 bits per heavy atom. The average Bonchev–Trinajstić information content (AvgIpc) is 2.53. The van der Waals surface area contributed by atoms with Crippen LogP contribution in [0.5, 0.6) is 5.75 Å². The summed E-state index contributed by atoms with van der Waals surface area (Å²) >= 11 is 0. The number of nitrogens with zero attached hydrogens (tertiary/aromatic N) is 1. The number of hydrogen-bond donors (Lipinski definition) is 0. The lowest BCUT2D eigenvalue weighted by Gasteiger charge is -2.06. The van der Waals surface area contributed by atoms with Crippen LogP contribution in [0.4, 0.5) is 5.69 Å². The van der Waals surface area contributed by atoms with Gasteiger partial charge in [-0.1, -0.05) is 17.7 Å². The lowest BCUT2D eigenvalue weighted by molar-refractivity contribution is -0.385. The minimum Gasteiger partial charge on any atom is -0.496 e. The third-order valence-electron chi connectivity index (χ3n) is 3.42. The van der Waals surface area contributed by atoms with Crippen molar-refractivity contribution in [3.63, 3.8) is 0 Å². The fraction of sp³-hybridized carbons (Fsp3) is 0.167. The highest BCUT2D eigenvalue weighted by Gasteiger charge is 2.13. The SMILES string of the molecule is COc1ccc(C)cc1C(=O)/C=C/c1ccc(C)cc1[N+](=O)[O-]. The Hall–Kier alpha value is -2.95. The largest absolute Gasteiger partial charge is 0.496 e. The first-order valence-corrected chi connectivity index (χ1v) is 7.04. The highest BCUT2D eigenvalue weighted by molar-refractivity contribution is 6.09. The number of methoxy groups -OCH3 is 1. The highest BCUT2D eigenvalue weighted by Crippen LogP contribution is 2.24. The minimum absolute atomic E-state index is 0.0229. The number of hydrogen-bond acceptors (Lipinski definition) is 4. The molecule has 0 saturated carbocycles. The molecule has 23 heavy (non-hydrogen) atoms. The van der Waals surface area contributed by atoms with Crippen molar-refractivity contribution in [3.8, 4) is 5.75 Å². The molecule has 0 aromatic heterocycles. The van der Waals surface area contributed by atoms with Crippen LogP contribution in [0, 0.1) is 24.0 Å². The molecule has 0 N–H and O–H groups in total. The maximum Gasteiger partial charge on any atom is 0.276 e. The van der Waals surface area contributed by atoms with E-state index in [1.54, 1.807) is 31.2 Å². The predicted octanol–water partition coefficient (Wildman–Crippen LogP) is 4.12. The van der Waals surface area contributed by atoms with Gasteiger partial charge in [-0.3, -0.25) is 14.9 Å². The molecule has 5 heteroatoms. The van der Waals surface area contributed by atoms with Crippen LogP contribution in [0.3, 0.4) is 0 Å². The van der Waals surface area contributed by atoms with E-state index in [0.29, 0.717) is 16.9 Å². The number of rotatable bonds is 5. The van der Waals surface area contributed by atoms with Gasteiger partial charge in [-0.2, -0.15) is 0 Å². The minimum atomic E-state index is -0.454. The normalized spacial score (nSPS) is 10.7. The van der Waals surface area contributed by atoms with Crippen molar-refractivity contribution in [1.82, 2.24) is 0 Å². The summed E-state index contributed by atoms with van der Waals surface area (Å²) in [7, 11) is 1.50. The van der Waals surface area contributed by atoms with Crippen molar-refractivity contribution in [3.05, 3.63) is 74.8 Å². The summed E-state index contributed by atoms with van der Waals surface area (Å²) in [5.41, 5.74) is 2.52. The van der Waals surface area contributed by atoms with Gasteiger partial charge in [0.25, 0.3) is 5.69 Å². The van der Waals surface area contributed by atoms with Gasteiger partial charge in [-0.15, -0.1) is 0 Å². The van der Waals surface area contributed by atoms with E-state index in [0.717, 1.165) is 11.1 Å². The molecule has 0 unspecified atom stereocenters. The molecule has 2 aromatic carbocycles. The van der Waals surface area contributed by atoms with Crippen molar-refractivity contribution in [2.75, 3.05) is 7.11 Å². The number of aryl methyl sites for hydroxylation is 2. The second-order valence-electron chi connectivity index (χ2n) is 5.22. The number of benzene rings is 2. The number of ketones is 1. The number of nitro groups is 1. The van der Waals surface area contributed by atoms with Gasteiger partial charge in [0.15, 0.2) is 5.78 Å². The highest BCUT2D eigenvalue weighted by atomic mass is 16.6. The summed E-state index contributed by atoms with van der Waals surface area (Å²) in [4.78, 5) is 23.0. The standard InChI is InChI=1S/C18H17NO4/c1-12-5-9-18(23-3)15(10-12)17(20)8-7-14-6-4-13(2)11-16(14)19(21)22/h4-11H,1-3H3/b8-7+. The van der Waals surface area contributed by atoms with E-state index in [-0.39, 0.29) is 11.5 Å². The number of nitro benzene ring substituents is 1. The molecule has 0 heterocycles. The lowest BCUT2D eigenvalue weighted by atomic mass is 10.0. The number of ether oxygens (including phenoxy) is 1. The maximum atomic E-state index is 12.4. The molecule has 2 rings (SSSR count). The zero-order chi connectivity index (χ0) is 17.0. The summed E-state index contributed by atoms with van der Waals surface area (Å²) in [5, 5.41) is 11.1. The average molecular weight is 311 g/mol. The second-order valence-corrected chi connectivity index (χ2v) is 5.22. The van der Waals surface area contributed by atoms with Crippen LogP contribution in [-0.4, -0.2) is 17.8 Å². The molecule has 0 atom stereocenters. The molecule has 0 aliphatic rings. The Bertz CT molecular complexity index is 794. The molecule has 0 amide bonds. The molecular formula is C18H17NO4. The van der Waals surface area contributed by atoms with Gasteiger partial charge in [0.2, 0.25) is 0 Å². The Kier molecular flexibility index (Phi) is 4.91. The first kappa shape index (κ1) is 16.4. The Labute approximate surface area is 134 Å². The number of allylic oxidation sites excluding steroid dienone is 1. The third kappa shape index (κ3) is 3.83. The Morgan fingerprint density at radius 3 is 2.43 bits per heavy atom. The molecule has 118 valence electrons. The van der Waals surface area contributed by atoms with Crippen LogP contribution >= 0.6 is 0 Å². The Morgan fingerprint density at radius 1 is 1.13 bits per heavy atom. The molecule has 0 spiro atoms. The van der Waals surface area contributed by atoms with E-state index in [2.05, 4.69) is 0 Å². The van der Waals surface area contributed by atoms with Crippen molar-refractivity contribution in [2.45, 2.75) is 13.8 Å². The predicted molar refractivity (Wildman–Crippen MR) is 88.9 cm³/mol. The second kappa shape index (κ2) is 6.87. The molecule has 0 radical (unpaired) electrons. The van der Waals surface area contributed by atoms with Gasteiger partial charge in [0.05, 0.1) is 23.2 Å². The summed E-state index contributed by atoms with van der Waals surface area (Å²) in [5.74, 6) is 0.212. The molecule has 0 aliphatic carbocycles. The molecule has 0 bridgehead atoms. The quantitative estimate of drug-likeness (QED) is 0.360. The monoisotopic (exact) mass is 311 g/mol. The van der Waals surface area contributed by atoms with Crippen LogP contribution in [0.2, 0.25) is 0 Å². The van der Waals surface area contributed by atoms with Gasteiger partial charge >= 0.3 is 0 Å². The van der Waals surface area contributed by atoms with Crippen molar-refractivity contribution in [2.24, 2.45) is 0 Å². The van der Waals surface area contributed by atoms with Gasteiger partial charge < -0.3 is 4.74 Å². The van der Waals surface area contributed by atoms with Crippen LogP contribution < -0.4 is 4.74 Å². The van der Waals surface area contributed by atoms with Crippen molar-refractivity contribution >= 4 is 17.5 Å². The summed E-state index contributed by atoms with van der Waals surface area (Å²) in [6.45, 7) is 3.66. The summed E-state index contributed by atoms with van der Waals surface area (Å²) in [6.07, 6.45) is 2.79. The van der Waals surface area contributed by atoms with Gasteiger partial charge in [0, 0.05) is 6.07 Å². The van der Waals surface area contributed by atoms with Gasteiger partial charge in [-0.25, -0.2) is 0 Å². The molecule has 5 nitrogen and oxygen atoms in total. The van der Waals surface area contributed by atoms with Crippen molar-refractivity contribution < 1.29 is 14.5 Å². The van der Waals surface area contributed by atoms with E-state index in [1.165, 1.54) is 25.3 Å². The fourth-order valence-corrected chi connectivity index (χ4v) is 2.22. The first-order valence-electron chi connectivity index (χ1n) is 7.04. The zero-order valence-electron chi connectivity index (χ0n) is 13.2. The molecule has 0 fully saturated rings. The van der Waals surface area contributed by atoms with Crippen LogP contribution in [0.25, 0.3) is 6.08 Å². The molecular weight excluding hydrogens is 294 g/mol. The van der Waals surface area contributed by atoms with E-state index >= 15 is 0 Å². The van der Waals surface area contributed by atoms with E-state index in [1.807, 2.05) is 13.0 Å². The third-order valence-corrected chi connectivity index (χ3v) is 3.42. The first-order chi connectivity index (χ1) is 10.9. The van der Waals surface area contributed by atoms with Crippen molar-refractivity contribution in [1.29, 1.82) is 0 Å². The fourth-order valence-electron chi connectivity index (χ4n) is 2.22. The topological polar surface area (TPSA) is 69.4 Å². The molecule has 2 aromatic rings. The van der Waals surface area contributed by atoms with Crippen LogP contribution in [0.1, 0.15) is 27.0 Å². The number of carbonyl (C=O) groups excluding carboxylic acids is 1. The van der Waals surface area contributed by atoms with E-state index in [4.69, 9.17) is 4.74 Å².